The van der Waals surface area contributed by atoms with E-state index < -0.39 is 91.7 Å². The standard InChI is InChI=1S/C41H37N11O14S2/c53-32(54)18-25(19-33(55)56)36-46-37(42-26-4-2-1-3-5-26)48-38(47-36)43-27-11-7-23(8-12-27)6-9-24-10-13-29(20-31(24)68(64,65)66)45-40-49-39(44-28-14-16-30(17-15-28)67(61,62)63)50-41(51-40)52(21-34(57)58)22-35(59)60/h1-17,20,25H,18-19,21-22H2,(H,53,54)(H,55,56)(H,57,58)(H,59,60)(H,61,62,63)(H,64,65,66)(H2,42,43,46,47,48)(H2,44,45,49,50,51)/b9-6+. The Balaban J connectivity index is 1.25. The minimum absolute atomic E-state index is 0.0158. The molecule has 27 heteroatoms. The number of hydrogen-bond donors (Lipinski definition) is 10. The molecule has 25 nitrogen and oxygen atoms in total. The van der Waals surface area contributed by atoms with Crippen LogP contribution in [-0.4, -0.2) is 113 Å². The zero-order valence-corrected chi connectivity index (χ0v) is 36.3. The minimum atomic E-state index is -4.91. The normalized spacial score (nSPS) is 11.5. The molecule has 10 N–H and O–H groups in total. The lowest BCUT2D eigenvalue weighted by Crippen LogP contribution is -2.36. The molecule has 0 saturated carbocycles. The Kier molecular flexibility index (Phi) is 15.1. The lowest BCUT2D eigenvalue weighted by molar-refractivity contribution is -0.140. The number of carbonyl (C=O) groups is 4. The van der Waals surface area contributed by atoms with E-state index in [9.17, 15) is 65.5 Å². The molecule has 352 valence electrons. The first kappa shape index (κ1) is 48.8. The van der Waals surface area contributed by atoms with Gasteiger partial charge >= 0.3 is 23.9 Å². The number of para-hydroxylation sites is 1. The van der Waals surface area contributed by atoms with Crippen molar-refractivity contribution in [1.82, 2.24) is 29.9 Å². The molecule has 68 heavy (non-hydrogen) atoms. The zero-order valence-electron chi connectivity index (χ0n) is 34.7. The summed E-state index contributed by atoms with van der Waals surface area (Å²) in [5.74, 6) is -7.69. The van der Waals surface area contributed by atoms with Crippen LogP contribution in [0.5, 0.6) is 0 Å². The van der Waals surface area contributed by atoms with Gasteiger partial charge in [0.05, 0.1) is 17.7 Å². The molecule has 0 spiro atoms. The van der Waals surface area contributed by atoms with Crippen molar-refractivity contribution in [2.45, 2.75) is 28.6 Å². The van der Waals surface area contributed by atoms with Crippen molar-refractivity contribution in [2.75, 3.05) is 39.3 Å². The largest absolute Gasteiger partial charge is 0.481 e. The van der Waals surface area contributed by atoms with Crippen LogP contribution >= 0.6 is 0 Å². The third-order valence-corrected chi connectivity index (χ3v) is 10.8. The smallest absolute Gasteiger partial charge is 0.323 e. The number of rotatable bonds is 22. The van der Waals surface area contributed by atoms with Gasteiger partial charge < -0.3 is 46.6 Å². The molecule has 0 aliphatic heterocycles. The van der Waals surface area contributed by atoms with Crippen LogP contribution in [0.25, 0.3) is 12.2 Å². The number of aromatic nitrogens is 6. The fraction of sp³-hybridized carbons (Fsp3) is 0.122. The highest BCUT2D eigenvalue weighted by atomic mass is 32.2. The Morgan fingerprint density at radius 2 is 0.985 bits per heavy atom. The number of nitrogens with one attached hydrogen (secondary N) is 4. The van der Waals surface area contributed by atoms with E-state index in [1.165, 1.54) is 36.4 Å². The van der Waals surface area contributed by atoms with Gasteiger partial charge in [0.2, 0.25) is 29.7 Å². The molecule has 2 aromatic heterocycles. The van der Waals surface area contributed by atoms with Crippen LogP contribution in [0, 0.1) is 0 Å². The van der Waals surface area contributed by atoms with Crippen LogP contribution in [0.1, 0.15) is 35.7 Å². The number of aliphatic carboxylic acids is 4. The highest BCUT2D eigenvalue weighted by Gasteiger charge is 2.25. The van der Waals surface area contributed by atoms with Crippen molar-refractivity contribution < 1.29 is 65.5 Å². The Morgan fingerprint density at radius 3 is 1.46 bits per heavy atom. The molecule has 0 saturated heterocycles. The Bertz CT molecular complexity index is 3080. The van der Waals surface area contributed by atoms with Gasteiger partial charge in [-0.3, -0.25) is 28.3 Å². The number of carboxylic acids is 4. The van der Waals surface area contributed by atoms with E-state index in [4.69, 9.17) is 0 Å². The molecule has 0 fully saturated rings. The van der Waals surface area contributed by atoms with Gasteiger partial charge in [0.25, 0.3) is 20.2 Å². The molecular formula is C41H37N11O14S2. The maximum absolute atomic E-state index is 12.7. The SMILES string of the molecule is O=C(O)CC(CC(=O)O)c1nc(Nc2ccccc2)nc(Nc2ccc(/C=C/c3ccc(Nc4nc(Nc5ccc(S(=O)(=O)O)cc5)nc(N(CC(=O)O)CC(=O)O)n4)cc3S(=O)(=O)O)cc2)n1. The van der Waals surface area contributed by atoms with Crippen LogP contribution in [0.2, 0.25) is 0 Å². The third-order valence-electron chi connectivity index (χ3n) is 9.03. The first-order valence-corrected chi connectivity index (χ1v) is 22.3. The number of nitrogens with zero attached hydrogens (tertiary/aromatic N) is 7. The minimum Gasteiger partial charge on any atom is -0.481 e. The second-order valence-electron chi connectivity index (χ2n) is 14.2. The molecule has 6 aromatic rings. The molecule has 0 aliphatic carbocycles. The summed E-state index contributed by atoms with van der Waals surface area (Å²) >= 11 is 0. The van der Waals surface area contributed by atoms with Crippen LogP contribution in [0.15, 0.2) is 107 Å². The first-order valence-electron chi connectivity index (χ1n) is 19.4. The Labute approximate surface area is 384 Å². The second kappa shape index (κ2) is 21.1. The topological polar surface area (TPSA) is 387 Å². The van der Waals surface area contributed by atoms with Gasteiger partial charge in [-0.2, -0.15) is 46.7 Å². The van der Waals surface area contributed by atoms with Gasteiger partial charge in [-0.05, 0) is 71.8 Å². The maximum atomic E-state index is 12.7. The number of benzene rings is 4. The lowest BCUT2D eigenvalue weighted by Gasteiger charge is -2.20. The van der Waals surface area contributed by atoms with E-state index in [0.29, 0.717) is 16.9 Å². The van der Waals surface area contributed by atoms with Gasteiger partial charge in [-0.25, -0.2) is 0 Å². The summed E-state index contributed by atoms with van der Waals surface area (Å²) in [7, 11) is -9.44. The molecule has 0 atom stereocenters. The van der Waals surface area contributed by atoms with E-state index in [0.717, 1.165) is 23.1 Å². The predicted molar refractivity (Wildman–Crippen MR) is 242 cm³/mol. The van der Waals surface area contributed by atoms with Crippen molar-refractivity contribution in [3.8, 4) is 0 Å². The highest BCUT2D eigenvalue weighted by Crippen LogP contribution is 2.28. The number of hydrogen-bond acceptors (Lipinski definition) is 19. The fourth-order valence-corrected chi connectivity index (χ4v) is 7.28. The van der Waals surface area contributed by atoms with E-state index in [-0.39, 0.29) is 46.6 Å². The van der Waals surface area contributed by atoms with E-state index in [1.54, 1.807) is 54.6 Å². The molecule has 0 radical (unpaired) electrons. The molecule has 0 aliphatic rings. The second-order valence-corrected chi connectivity index (χ2v) is 17.0. The highest BCUT2D eigenvalue weighted by molar-refractivity contribution is 7.86. The van der Waals surface area contributed by atoms with Gasteiger partial charge in [0.1, 0.15) is 23.8 Å². The number of carboxylic acid groups (broad SMARTS) is 4. The number of anilines is 9. The molecule has 0 unspecified atom stereocenters. The third kappa shape index (κ3) is 14.2. The summed E-state index contributed by atoms with van der Waals surface area (Å²) in [6.07, 6.45) is 1.80. The quantitative estimate of drug-likeness (QED) is 0.0325. The molecular weight excluding hydrogens is 935 g/mol. The summed E-state index contributed by atoms with van der Waals surface area (Å²) in [5.41, 5.74) is 1.75. The van der Waals surface area contributed by atoms with Crippen LogP contribution < -0.4 is 26.2 Å². The predicted octanol–water partition coefficient (Wildman–Crippen LogP) is 4.70. The van der Waals surface area contributed by atoms with E-state index in [1.807, 2.05) is 0 Å². The lowest BCUT2D eigenvalue weighted by atomic mass is 10.0. The van der Waals surface area contributed by atoms with E-state index >= 15 is 0 Å². The molecule has 6 rings (SSSR count). The van der Waals surface area contributed by atoms with Gasteiger partial charge in [0, 0.05) is 28.7 Å². The molecule has 0 amide bonds. The van der Waals surface area contributed by atoms with Crippen molar-refractivity contribution in [2.24, 2.45) is 0 Å². The molecule has 4 aromatic carbocycles. The van der Waals surface area contributed by atoms with Crippen molar-refractivity contribution in [3.63, 3.8) is 0 Å². The molecule has 0 bridgehead atoms. The van der Waals surface area contributed by atoms with Crippen LogP contribution in [0.3, 0.4) is 0 Å². The van der Waals surface area contributed by atoms with E-state index in [2.05, 4.69) is 51.2 Å². The molecule has 2 heterocycles. The maximum Gasteiger partial charge on any atom is 0.323 e. The van der Waals surface area contributed by atoms with Crippen molar-refractivity contribution >= 4 is 109 Å². The summed E-state index contributed by atoms with van der Waals surface area (Å²) in [6.45, 7) is -1.74. The van der Waals surface area contributed by atoms with Gasteiger partial charge in [-0.15, -0.1) is 0 Å². The summed E-state index contributed by atoms with van der Waals surface area (Å²) in [5, 5.41) is 49.3. The average molecular weight is 972 g/mol. The first-order chi connectivity index (χ1) is 32.2. The summed E-state index contributed by atoms with van der Waals surface area (Å²) < 4.78 is 67.9. The Morgan fingerprint density at radius 1 is 0.529 bits per heavy atom. The van der Waals surface area contributed by atoms with Crippen molar-refractivity contribution in [3.05, 3.63) is 114 Å². The van der Waals surface area contributed by atoms with Gasteiger partial charge in [0.15, 0.2) is 0 Å². The average Bonchev–Trinajstić information content (AvgIpc) is 3.25. The van der Waals surface area contributed by atoms with Crippen LogP contribution in [-0.2, 0) is 39.4 Å². The van der Waals surface area contributed by atoms with Crippen molar-refractivity contribution in [1.29, 1.82) is 0 Å². The summed E-state index contributed by atoms with van der Waals surface area (Å²) in [6, 6.07) is 23.6. The van der Waals surface area contributed by atoms with Crippen LogP contribution in [0.4, 0.5) is 52.5 Å². The fourth-order valence-electron chi connectivity index (χ4n) is 6.09. The van der Waals surface area contributed by atoms with Gasteiger partial charge in [-0.1, -0.05) is 48.6 Å². The summed E-state index contributed by atoms with van der Waals surface area (Å²) in [4.78, 5) is 71.7. The monoisotopic (exact) mass is 971 g/mol. The zero-order chi connectivity index (χ0) is 49.2. The Hall–Kier alpha value is -8.66.